The molecule has 1 fully saturated rings. The van der Waals surface area contributed by atoms with Gasteiger partial charge in [-0.05, 0) is 54.7 Å². The zero-order chi connectivity index (χ0) is 18.0. The lowest BCUT2D eigenvalue weighted by Crippen LogP contribution is -2.38. The smallest absolute Gasteiger partial charge is 0.224 e. The molecule has 2 aliphatic carbocycles. The van der Waals surface area contributed by atoms with E-state index >= 15 is 0 Å². The molecule has 4 rings (SSSR count). The summed E-state index contributed by atoms with van der Waals surface area (Å²) >= 11 is 0. The van der Waals surface area contributed by atoms with Crippen molar-refractivity contribution in [3.8, 4) is 17.6 Å². The van der Waals surface area contributed by atoms with Gasteiger partial charge in [-0.3, -0.25) is 4.79 Å². The van der Waals surface area contributed by atoms with Gasteiger partial charge in [-0.1, -0.05) is 12.8 Å². The number of amides is 1. The lowest BCUT2D eigenvalue weighted by Gasteiger charge is -2.40. The van der Waals surface area contributed by atoms with Crippen LogP contribution in [-0.4, -0.2) is 24.2 Å². The second-order valence-corrected chi connectivity index (χ2v) is 7.07. The molecule has 2 unspecified atom stereocenters. The third-order valence-electron chi connectivity index (χ3n) is 5.66. The molecule has 5 heteroatoms. The summed E-state index contributed by atoms with van der Waals surface area (Å²) in [5.41, 5.74) is 3.35. The number of hydrogen-bond donors (Lipinski definition) is 1. The van der Waals surface area contributed by atoms with Crippen molar-refractivity contribution in [2.75, 3.05) is 18.1 Å². The van der Waals surface area contributed by atoms with E-state index in [0.29, 0.717) is 24.8 Å². The summed E-state index contributed by atoms with van der Waals surface area (Å²) in [4.78, 5) is 13.8. The van der Waals surface area contributed by atoms with E-state index in [4.69, 9.17) is 10.00 Å². The fourth-order valence-electron chi connectivity index (χ4n) is 4.67. The van der Waals surface area contributed by atoms with Crippen LogP contribution in [0.2, 0.25) is 0 Å². The lowest BCUT2D eigenvalue weighted by atomic mass is 9.67. The molecule has 1 aromatic rings. The zero-order valence-corrected chi connectivity index (χ0v) is 15.0. The Hall–Kier alpha value is -2.22. The summed E-state index contributed by atoms with van der Waals surface area (Å²) in [5, 5.41) is 17.8. The molecule has 3 aliphatic rings. The maximum Gasteiger partial charge on any atom is 0.224 e. The third-order valence-corrected chi connectivity index (χ3v) is 5.66. The molecule has 134 valence electrons. The summed E-state index contributed by atoms with van der Waals surface area (Å²) in [7, 11) is 0. The standard InChI is InChI=1S/C18H23NO3.C2H3N/c1-11(20)19-8-9-22-18-16(21)10-15-13-5-3-2-4-12(13)6-7-14(15)17(18)19;1-2-3/h10,12-13,21H,2-9H2,1H3;1H3. The first kappa shape index (κ1) is 17.6. The van der Waals surface area contributed by atoms with Crippen LogP contribution in [0.4, 0.5) is 5.69 Å². The number of hydrogen-bond acceptors (Lipinski definition) is 4. The number of anilines is 1. The second-order valence-electron chi connectivity index (χ2n) is 7.07. The largest absolute Gasteiger partial charge is 0.504 e. The second kappa shape index (κ2) is 7.35. The molecule has 2 atom stereocenters. The Morgan fingerprint density at radius 1 is 1.36 bits per heavy atom. The molecule has 0 bridgehead atoms. The van der Waals surface area contributed by atoms with Gasteiger partial charge < -0.3 is 14.7 Å². The van der Waals surface area contributed by atoms with Crippen molar-refractivity contribution in [2.24, 2.45) is 5.92 Å². The van der Waals surface area contributed by atoms with Gasteiger partial charge in [0.15, 0.2) is 11.5 Å². The van der Waals surface area contributed by atoms with Gasteiger partial charge in [0.2, 0.25) is 5.91 Å². The molecule has 1 heterocycles. The lowest BCUT2D eigenvalue weighted by molar-refractivity contribution is -0.116. The number of nitriles is 1. The fraction of sp³-hybridized carbons (Fsp3) is 0.600. The monoisotopic (exact) mass is 342 g/mol. The molecular formula is C20H26N2O3. The number of fused-ring (bicyclic) bond motifs is 5. The Balaban J connectivity index is 0.000000569. The number of rotatable bonds is 0. The number of carbonyl (C=O) groups is 1. The quantitative estimate of drug-likeness (QED) is 0.776. The SMILES string of the molecule is CC#N.CC(=O)N1CCOc2c(O)cc3c(c21)CCC1CCCCC31. The normalized spacial score (nSPS) is 23.6. The van der Waals surface area contributed by atoms with Gasteiger partial charge in [0.1, 0.15) is 6.61 Å². The number of phenolic OH excluding ortho intramolecular Hbond substituents is 1. The van der Waals surface area contributed by atoms with E-state index in [9.17, 15) is 9.90 Å². The van der Waals surface area contributed by atoms with E-state index in [0.717, 1.165) is 18.0 Å². The number of carbonyl (C=O) groups excluding carboxylic acids is 1. The Labute approximate surface area is 149 Å². The molecular weight excluding hydrogens is 316 g/mol. The van der Waals surface area contributed by atoms with E-state index in [1.807, 2.05) is 6.07 Å². The molecule has 25 heavy (non-hydrogen) atoms. The molecule has 1 aromatic carbocycles. The van der Waals surface area contributed by atoms with Gasteiger partial charge in [0, 0.05) is 13.8 Å². The number of phenols is 1. The number of ether oxygens (including phenoxy) is 1. The Bertz CT molecular complexity index is 708. The number of nitrogens with zero attached hydrogens (tertiary/aromatic N) is 2. The van der Waals surface area contributed by atoms with Gasteiger partial charge in [-0.15, -0.1) is 0 Å². The van der Waals surface area contributed by atoms with E-state index in [-0.39, 0.29) is 11.7 Å². The van der Waals surface area contributed by atoms with Crippen LogP contribution >= 0.6 is 0 Å². The van der Waals surface area contributed by atoms with Crippen LogP contribution < -0.4 is 9.64 Å². The van der Waals surface area contributed by atoms with Crippen molar-refractivity contribution < 1.29 is 14.6 Å². The minimum Gasteiger partial charge on any atom is -0.504 e. The van der Waals surface area contributed by atoms with Crippen molar-refractivity contribution in [1.29, 1.82) is 5.26 Å². The summed E-state index contributed by atoms with van der Waals surface area (Å²) in [5.74, 6) is 2.03. The van der Waals surface area contributed by atoms with Crippen LogP contribution in [-0.2, 0) is 11.2 Å². The minimum atomic E-state index is 0.0307. The first-order chi connectivity index (χ1) is 12.1. The average Bonchev–Trinajstić information content (AvgIpc) is 2.62. The summed E-state index contributed by atoms with van der Waals surface area (Å²) in [6, 6.07) is 3.67. The van der Waals surface area contributed by atoms with E-state index in [2.05, 4.69) is 0 Å². The molecule has 5 nitrogen and oxygen atoms in total. The highest BCUT2D eigenvalue weighted by Crippen LogP contribution is 2.53. The fourth-order valence-corrected chi connectivity index (χ4v) is 4.67. The highest BCUT2D eigenvalue weighted by Gasteiger charge is 2.37. The zero-order valence-electron chi connectivity index (χ0n) is 15.0. The van der Waals surface area contributed by atoms with E-state index in [1.165, 1.54) is 50.2 Å². The first-order valence-electron chi connectivity index (χ1n) is 9.19. The number of benzene rings is 1. The minimum absolute atomic E-state index is 0.0307. The van der Waals surface area contributed by atoms with Crippen LogP contribution in [0.15, 0.2) is 6.07 Å². The summed E-state index contributed by atoms with van der Waals surface area (Å²) in [6.45, 7) is 4.05. The Morgan fingerprint density at radius 2 is 2.08 bits per heavy atom. The molecule has 1 saturated carbocycles. The summed E-state index contributed by atoms with van der Waals surface area (Å²) < 4.78 is 5.69. The third kappa shape index (κ3) is 3.18. The molecule has 0 spiro atoms. The van der Waals surface area contributed by atoms with Gasteiger partial charge in [-0.2, -0.15) is 5.26 Å². The first-order valence-corrected chi connectivity index (χ1v) is 9.19. The van der Waals surface area contributed by atoms with Crippen LogP contribution in [0.25, 0.3) is 0 Å². The van der Waals surface area contributed by atoms with Gasteiger partial charge in [-0.25, -0.2) is 0 Å². The van der Waals surface area contributed by atoms with E-state index < -0.39 is 0 Å². The maximum atomic E-state index is 12.0. The average molecular weight is 342 g/mol. The van der Waals surface area contributed by atoms with Gasteiger partial charge in [0.05, 0.1) is 18.3 Å². The summed E-state index contributed by atoms with van der Waals surface area (Å²) in [6.07, 6.45) is 7.29. The predicted molar refractivity (Wildman–Crippen MR) is 95.9 cm³/mol. The predicted octanol–water partition coefficient (Wildman–Crippen LogP) is 3.89. The maximum absolute atomic E-state index is 12.0. The topological polar surface area (TPSA) is 73.6 Å². The van der Waals surface area contributed by atoms with Crippen LogP contribution in [0.3, 0.4) is 0 Å². The molecule has 1 amide bonds. The molecule has 1 N–H and O–H groups in total. The highest BCUT2D eigenvalue weighted by atomic mass is 16.5. The Morgan fingerprint density at radius 3 is 2.80 bits per heavy atom. The van der Waals surface area contributed by atoms with Crippen LogP contribution in [0.5, 0.6) is 11.5 Å². The van der Waals surface area contributed by atoms with E-state index in [1.54, 1.807) is 17.9 Å². The van der Waals surface area contributed by atoms with Crippen molar-refractivity contribution in [3.05, 3.63) is 17.2 Å². The van der Waals surface area contributed by atoms with Crippen molar-refractivity contribution in [1.82, 2.24) is 0 Å². The highest BCUT2D eigenvalue weighted by molar-refractivity contribution is 5.96. The van der Waals surface area contributed by atoms with Crippen molar-refractivity contribution in [3.63, 3.8) is 0 Å². The molecule has 0 saturated heterocycles. The van der Waals surface area contributed by atoms with Gasteiger partial charge >= 0.3 is 0 Å². The van der Waals surface area contributed by atoms with Crippen molar-refractivity contribution in [2.45, 2.75) is 58.3 Å². The molecule has 0 radical (unpaired) electrons. The van der Waals surface area contributed by atoms with Crippen molar-refractivity contribution >= 4 is 11.6 Å². The van der Waals surface area contributed by atoms with Crippen LogP contribution in [0, 0.1) is 17.2 Å². The molecule has 1 aliphatic heterocycles. The van der Waals surface area contributed by atoms with Crippen LogP contribution in [0.1, 0.15) is 63.0 Å². The number of aromatic hydroxyl groups is 1. The Kier molecular flexibility index (Phi) is 5.17. The molecule has 0 aromatic heterocycles. The van der Waals surface area contributed by atoms with Gasteiger partial charge in [0.25, 0.3) is 0 Å².